The van der Waals surface area contributed by atoms with Crippen molar-refractivity contribution in [2.24, 2.45) is 7.05 Å². The zero-order valence-corrected chi connectivity index (χ0v) is 16.9. The number of alkyl halides is 3. The molecule has 7 nitrogen and oxygen atoms in total. The van der Waals surface area contributed by atoms with E-state index in [1.165, 1.54) is 17.0 Å². The molecule has 0 aliphatic carbocycles. The number of rotatable bonds is 3. The van der Waals surface area contributed by atoms with Gasteiger partial charge >= 0.3 is 6.18 Å². The van der Waals surface area contributed by atoms with Gasteiger partial charge in [0.25, 0.3) is 5.56 Å². The minimum atomic E-state index is -4.63. The number of H-pyrrole nitrogens is 1. The molecule has 4 rings (SSSR count). The number of hydrogen-bond donors (Lipinski definition) is 3. The summed E-state index contributed by atoms with van der Waals surface area (Å²) in [5.41, 5.74) is -1.06. The molecule has 3 aromatic rings. The van der Waals surface area contributed by atoms with Crippen LogP contribution in [-0.2, 0) is 13.2 Å². The zero-order chi connectivity index (χ0) is 21.7. The van der Waals surface area contributed by atoms with Gasteiger partial charge in [0, 0.05) is 54.7 Å². The fourth-order valence-electron chi connectivity index (χ4n) is 3.71. The third-order valence-corrected chi connectivity index (χ3v) is 5.55. The van der Waals surface area contributed by atoms with Crippen LogP contribution in [-0.4, -0.2) is 37.6 Å². The van der Waals surface area contributed by atoms with Crippen LogP contribution in [0.3, 0.4) is 0 Å². The maximum absolute atomic E-state index is 13.7. The monoisotopic (exact) mass is 420 g/mol. The number of aromatic nitrogens is 4. The lowest BCUT2D eigenvalue weighted by atomic mass is 9.91. The molecule has 0 aromatic carbocycles. The molecule has 0 bridgehead atoms. The molecule has 0 radical (unpaired) electrons. The van der Waals surface area contributed by atoms with Crippen molar-refractivity contribution in [2.75, 3.05) is 11.9 Å². The van der Waals surface area contributed by atoms with E-state index in [-0.39, 0.29) is 39.9 Å². The van der Waals surface area contributed by atoms with Crippen molar-refractivity contribution in [3.63, 3.8) is 0 Å². The lowest BCUT2D eigenvalue weighted by Gasteiger charge is -2.36. The number of nitrogens with zero attached hydrogens (tertiary/aromatic N) is 3. The van der Waals surface area contributed by atoms with Crippen LogP contribution < -0.4 is 16.2 Å². The number of nitrogens with one attached hydrogen (secondary N) is 3. The highest BCUT2D eigenvalue weighted by Gasteiger charge is 2.36. The van der Waals surface area contributed by atoms with Crippen molar-refractivity contribution in [3.8, 4) is 11.3 Å². The van der Waals surface area contributed by atoms with Crippen LogP contribution in [0.5, 0.6) is 0 Å². The van der Waals surface area contributed by atoms with Crippen molar-refractivity contribution in [2.45, 2.75) is 44.4 Å². The second kappa shape index (κ2) is 7.12. The quantitative estimate of drug-likeness (QED) is 0.605. The average molecular weight is 420 g/mol. The number of anilines is 1. The Kier molecular flexibility index (Phi) is 4.84. The third kappa shape index (κ3) is 3.79. The van der Waals surface area contributed by atoms with Crippen LogP contribution in [0.2, 0.25) is 0 Å². The summed E-state index contributed by atoms with van der Waals surface area (Å²) in [6.07, 6.45) is 0.842. The highest BCUT2D eigenvalue weighted by Crippen LogP contribution is 2.38. The Labute approximate surface area is 170 Å². The second-order valence-electron chi connectivity index (χ2n) is 8.32. The minimum Gasteiger partial charge on any atom is -0.356 e. The Morgan fingerprint density at radius 1 is 1.33 bits per heavy atom. The SMILES string of the molecule is Cn1ccc2c(-c3nc(NC4CCC(C)(C)NC4)ncc3C(F)(F)F)c[nH]c2c1=O. The molecule has 1 atom stereocenters. The second-order valence-corrected chi connectivity index (χ2v) is 8.32. The fraction of sp³-hybridized carbons (Fsp3) is 0.450. The number of hydrogen-bond acceptors (Lipinski definition) is 5. The molecular weight excluding hydrogens is 397 g/mol. The van der Waals surface area contributed by atoms with E-state index in [0.29, 0.717) is 11.9 Å². The highest BCUT2D eigenvalue weighted by atomic mass is 19.4. The van der Waals surface area contributed by atoms with Gasteiger partial charge in [-0.15, -0.1) is 0 Å². The lowest BCUT2D eigenvalue weighted by Crippen LogP contribution is -2.50. The van der Waals surface area contributed by atoms with Crippen molar-refractivity contribution in [3.05, 3.63) is 40.6 Å². The number of aromatic amines is 1. The highest BCUT2D eigenvalue weighted by molar-refractivity contribution is 5.94. The van der Waals surface area contributed by atoms with Gasteiger partial charge in [0.15, 0.2) is 0 Å². The van der Waals surface area contributed by atoms with E-state index >= 15 is 0 Å². The predicted molar refractivity (Wildman–Crippen MR) is 108 cm³/mol. The first-order chi connectivity index (χ1) is 14.0. The number of piperidine rings is 1. The van der Waals surface area contributed by atoms with Crippen LogP contribution in [0.1, 0.15) is 32.3 Å². The number of fused-ring (bicyclic) bond motifs is 1. The van der Waals surface area contributed by atoms with E-state index in [0.717, 1.165) is 19.0 Å². The van der Waals surface area contributed by atoms with Crippen LogP contribution >= 0.6 is 0 Å². The van der Waals surface area contributed by atoms with E-state index in [2.05, 4.69) is 39.4 Å². The zero-order valence-electron chi connectivity index (χ0n) is 16.9. The van der Waals surface area contributed by atoms with Gasteiger partial charge in [-0.3, -0.25) is 4.79 Å². The summed E-state index contributed by atoms with van der Waals surface area (Å²) in [5, 5.41) is 6.93. The molecule has 30 heavy (non-hydrogen) atoms. The van der Waals surface area contributed by atoms with Gasteiger partial charge < -0.3 is 20.2 Å². The average Bonchev–Trinajstić information content (AvgIpc) is 3.10. The molecule has 1 aliphatic rings. The largest absolute Gasteiger partial charge is 0.419 e. The van der Waals surface area contributed by atoms with Crippen molar-refractivity contribution >= 4 is 16.9 Å². The first-order valence-corrected chi connectivity index (χ1v) is 9.68. The van der Waals surface area contributed by atoms with Gasteiger partial charge in [0.1, 0.15) is 11.1 Å². The van der Waals surface area contributed by atoms with E-state index < -0.39 is 11.7 Å². The Morgan fingerprint density at radius 2 is 2.10 bits per heavy atom. The predicted octanol–water partition coefficient (Wildman–Crippen LogP) is 3.28. The number of pyridine rings is 1. The standard InChI is InChI=1S/C20H23F3N6O/c1-19(2)6-4-11(8-26-19)27-18-25-10-14(20(21,22)23)15(28-18)13-9-24-16-12(13)5-7-29(3)17(16)30/h5,7,9-11,24,26H,4,6,8H2,1-3H3,(H,25,27,28). The molecule has 1 saturated heterocycles. The summed E-state index contributed by atoms with van der Waals surface area (Å²) < 4.78 is 42.4. The van der Waals surface area contributed by atoms with Crippen molar-refractivity contribution in [1.82, 2.24) is 24.8 Å². The molecule has 10 heteroatoms. The topological polar surface area (TPSA) is 87.6 Å². The van der Waals surface area contributed by atoms with Gasteiger partial charge in [0.05, 0.1) is 5.69 Å². The summed E-state index contributed by atoms with van der Waals surface area (Å²) in [6.45, 7) is 4.88. The maximum Gasteiger partial charge on any atom is 0.419 e. The van der Waals surface area contributed by atoms with Gasteiger partial charge in [-0.05, 0) is 32.8 Å². The molecule has 0 saturated carbocycles. The van der Waals surface area contributed by atoms with E-state index in [4.69, 9.17) is 0 Å². The third-order valence-electron chi connectivity index (χ3n) is 5.55. The number of halogens is 3. The summed E-state index contributed by atoms with van der Waals surface area (Å²) in [5.74, 6) is 0.127. The molecule has 4 heterocycles. The van der Waals surface area contributed by atoms with Gasteiger partial charge in [-0.1, -0.05) is 0 Å². The van der Waals surface area contributed by atoms with Crippen molar-refractivity contribution < 1.29 is 13.2 Å². The number of aryl methyl sites for hydroxylation is 1. The Bertz CT molecular complexity index is 1140. The maximum atomic E-state index is 13.7. The summed E-state index contributed by atoms with van der Waals surface area (Å²) >= 11 is 0. The molecule has 3 N–H and O–H groups in total. The molecule has 1 unspecified atom stereocenters. The van der Waals surface area contributed by atoms with E-state index in [9.17, 15) is 18.0 Å². The molecule has 160 valence electrons. The Morgan fingerprint density at radius 3 is 2.77 bits per heavy atom. The Balaban J connectivity index is 1.75. The Hall–Kier alpha value is -2.88. The fourth-order valence-corrected chi connectivity index (χ4v) is 3.71. The van der Waals surface area contributed by atoms with E-state index in [1.807, 2.05) is 0 Å². The van der Waals surface area contributed by atoms with Crippen LogP contribution in [0.4, 0.5) is 19.1 Å². The molecule has 0 spiro atoms. The van der Waals surface area contributed by atoms with Crippen LogP contribution in [0.25, 0.3) is 22.2 Å². The summed E-state index contributed by atoms with van der Waals surface area (Å²) in [7, 11) is 1.58. The normalized spacial score (nSPS) is 19.2. The van der Waals surface area contributed by atoms with Gasteiger partial charge in [-0.25, -0.2) is 9.97 Å². The van der Waals surface area contributed by atoms with Gasteiger partial charge in [0.2, 0.25) is 5.95 Å². The van der Waals surface area contributed by atoms with Gasteiger partial charge in [-0.2, -0.15) is 13.2 Å². The van der Waals surface area contributed by atoms with E-state index in [1.54, 1.807) is 13.1 Å². The summed E-state index contributed by atoms with van der Waals surface area (Å²) in [6, 6.07) is 1.61. The smallest absolute Gasteiger partial charge is 0.356 e. The first kappa shape index (κ1) is 20.4. The summed E-state index contributed by atoms with van der Waals surface area (Å²) in [4.78, 5) is 23.2. The minimum absolute atomic E-state index is 0.0119. The van der Waals surface area contributed by atoms with Crippen LogP contribution in [0, 0.1) is 0 Å². The lowest BCUT2D eigenvalue weighted by molar-refractivity contribution is -0.137. The molecule has 1 aliphatic heterocycles. The molecular formula is C20H23F3N6O. The molecule has 1 fully saturated rings. The molecule has 0 amide bonds. The first-order valence-electron chi connectivity index (χ1n) is 9.68. The van der Waals surface area contributed by atoms with Crippen LogP contribution in [0.15, 0.2) is 29.5 Å². The molecule has 3 aromatic heterocycles. The van der Waals surface area contributed by atoms with Crippen molar-refractivity contribution in [1.29, 1.82) is 0 Å².